The Morgan fingerprint density at radius 2 is 0.739 bits per heavy atom. The Balaban J connectivity index is 0.000000332. The largest absolute Gasteiger partial charge is 0.479 e. The molecule has 2 aliphatic rings. The van der Waals surface area contributed by atoms with Gasteiger partial charge in [-0.1, -0.05) is 57.2 Å². The number of benzene rings is 4. The lowest BCUT2D eigenvalue weighted by molar-refractivity contribution is -0.277. The van der Waals surface area contributed by atoms with Gasteiger partial charge in [0.05, 0.1) is 54.6 Å². The van der Waals surface area contributed by atoms with Gasteiger partial charge in [0.25, 0.3) is 0 Å². The van der Waals surface area contributed by atoms with Crippen molar-refractivity contribution >= 4 is 28.7 Å². The van der Waals surface area contributed by atoms with Gasteiger partial charge < -0.3 is 95.3 Å². The molecular formula is C72H118N4O16. The van der Waals surface area contributed by atoms with E-state index in [0.717, 1.165) is 23.2 Å². The van der Waals surface area contributed by atoms with E-state index >= 15 is 0 Å². The van der Waals surface area contributed by atoms with Crippen LogP contribution in [-0.4, -0.2) is 154 Å². The van der Waals surface area contributed by atoms with Crippen LogP contribution in [0.25, 0.3) is 0 Å². The Kier molecular flexibility index (Phi) is 29.3. The summed E-state index contributed by atoms with van der Waals surface area (Å²) in [6, 6.07) is 28.0. The third-order valence-corrected chi connectivity index (χ3v) is 13.0. The maximum atomic E-state index is 11.3. The first kappa shape index (κ1) is 80.9. The van der Waals surface area contributed by atoms with Crippen molar-refractivity contribution in [3.8, 4) is 11.5 Å². The van der Waals surface area contributed by atoms with Crippen LogP contribution in [0.4, 0.5) is 22.7 Å². The molecule has 10 unspecified atom stereocenters. The first-order chi connectivity index (χ1) is 41.8. The normalized spacial score (nSPS) is 22.4. The van der Waals surface area contributed by atoms with Gasteiger partial charge in [-0.3, -0.25) is 0 Å². The molecule has 92 heavy (non-hydrogen) atoms. The SMILES string of the molecule is CC(C)(C)Cc1ccc(NC(C)(C)C)cc1.CC(C)(C)Nc1cc(COC(C)(C)C)ccc1OC1OC(C(=O)O)C(O)C(O)C1O.CC(C)(C)Nc1cc(COC(C)(C)C)ccc1OC1OC(CO)C(O)C(O)C1O.CC(C)(C)Nc1ccc(COC(C)(C)C)cc1. The lowest BCUT2D eigenvalue weighted by Gasteiger charge is -2.40. The van der Waals surface area contributed by atoms with Crippen molar-refractivity contribution in [1.29, 1.82) is 0 Å². The minimum absolute atomic E-state index is 0.0810. The number of carboxylic acid groups (broad SMARTS) is 1. The molecule has 522 valence electrons. The monoisotopic (exact) mass is 1290 g/mol. The van der Waals surface area contributed by atoms with E-state index in [1.165, 1.54) is 16.8 Å². The number of aliphatic hydroxyl groups excluding tert-OH is 7. The molecule has 0 aromatic heterocycles. The molecule has 4 aromatic rings. The molecule has 0 radical (unpaired) electrons. The molecule has 2 saturated heterocycles. The maximum absolute atomic E-state index is 11.3. The Labute approximate surface area is 550 Å². The van der Waals surface area contributed by atoms with Crippen molar-refractivity contribution in [2.24, 2.45) is 5.41 Å². The summed E-state index contributed by atoms with van der Waals surface area (Å²) >= 11 is 0. The summed E-state index contributed by atoms with van der Waals surface area (Å²) in [4.78, 5) is 11.3. The lowest BCUT2D eigenvalue weighted by Crippen LogP contribution is -2.61. The molecule has 20 heteroatoms. The number of carboxylic acids is 1. The molecule has 6 rings (SSSR count). The summed E-state index contributed by atoms with van der Waals surface area (Å²) in [5.74, 6) is -0.769. The molecule has 2 fully saturated rings. The number of aliphatic carboxylic acids is 1. The number of aliphatic hydroxyl groups is 7. The molecule has 0 amide bonds. The van der Waals surface area contributed by atoms with E-state index in [2.05, 4.69) is 153 Å². The van der Waals surface area contributed by atoms with E-state index in [1.54, 1.807) is 18.2 Å². The number of hydrogen-bond donors (Lipinski definition) is 12. The molecule has 10 atom stereocenters. The van der Waals surface area contributed by atoms with Crippen molar-refractivity contribution in [3.05, 3.63) is 107 Å². The minimum atomic E-state index is -1.78. The zero-order valence-corrected chi connectivity index (χ0v) is 59.7. The van der Waals surface area contributed by atoms with Crippen LogP contribution in [0.5, 0.6) is 11.5 Å². The van der Waals surface area contributed by atoms with Crippen LogP contribution >= 0.6 is 0 Å². The first-order valence-electron chi connectivity index (χ1n) is 31.8. The van der Waals surface area contributed by atoms with Crippen molar-refractivity contribution in [3.63, 3.8) is 0 Å². The number of ether oxygens (including phenoxy) is 7. The lowest BCUT2D eigenvalue weighted by atomic mass is 9.88. The van der Waals surface area contributed by atoms with Crippen LogP contribution in [0.2, 0.25) is 0 Å². The summed E-state index contributed by atoms with van der Waals surface area (Å²) in [5, 5.41) is 92.4. The highest BCUT2D eigenvalue weighted by Crippen LogP contribution is 2.35. The molecule has 12 N–H and O–H groups in total. The van der Waals surface area contributed by atoms with Crippen LogP contribution in [-0.2, 0) is 54.7 Å². The summed E-state index contributed by atoms with van der Waals surface area (Å²) in [7, 11) is 0. The van der Waals surface area contributed by atoms with Crippen molar-refractivity contribution in [2.75, 3.05) is 27.9 Å². The van der Waals surface area contributed by atoms with Crippen LogP contribution in [0.3, 0.4) is 0 Å². The predicted molar refractivity (Wildman–Crippen MR) is 365 cm³/mol. The van der Waals surface area contributed by atoms with Gasteiger partial charge in [0.15, 0.2) is 6.10 Å². The predicted octanol–water partition coefficient (Wildman–Crippen LogP) is 11.6. The van der Waals surface area contributed by atoms with Gasteiger partial charge >= 0.3 is 5.97 Å². The summed E-state index contributed by atoms with van der Waals surface area (Å²) in [5.41, 5.74) is 7.37. The second-order valence-corrected chi connectivity index (χ2v) is 32.2. The molecule has 2 aliphatic heterocycles. The fourth-order valence-electron chi connectivity index (χ4n) is 8.88. The number of rotatable bonds is 17. The Bertz CT molecular complexity index is 2800. The third kappa shape index (κ3) is 31.3. The molecule has 2 heterocycles. The smallest absolute Gasteiger partial charge is 0.335 e. The molecular weight excluding hydrogens is 1180 g/mol. The van der Waals surface area contributed by atoms with E-state index < -0.39 is 74.0 Å². The minimum Gasteiger partial charge on any atom is -0.479 e. The van der Waals surface area contributed by atoms with Gasteiger partial charge in [-0.25, -0.2) is 4.79 Å². The zero-order valence-electron chi connectivity index (χ0n) is 59.7. The second-order valence-electron chi connectivity index (χ2n) is 32.2. The summed E-state index contributed by atoms with van der Waals surface area (Å²) in [6.07, 6.45) is -13.9. The average Bonchev–Trinajstić information content (AvgIpc) is 0.824. The molecule has 20 nitrogen and oxygen atoms in total. The van der Waals surface area contributed by atoms with Gasteiger partial charge in [-0.2, -0.15) is 0 Å². The highest BCUT2D eigenvalue weighted by Gasteiger charge is 2.49. The van der Waals surface area contributed by atoms with Crippen LogP contribution in [0.1, 0.15) is 188 Å². The third-order valence-electron chi connectivity index (χ3n) is 13.0. The van der Waals surface area contributed by atoms with E-state index in [-0.39, 0.29) is 39.0 Å². The number of hydrogen-bond acceptors (Lipinski definition) is 19. The highest BCUT2D eigenvalue weighted by molar-refractivity contribution is 5.73. The van der Waals surface area contributed by atoms with E-state index in [1.807, 2.05) is 101 Å². The molecule has 0 aliphatic carbocycles. The quantitative estimate of drug-likeness (QED) is 0.0468. The molecule has 0 saturated carbocycles. The van der Waals surface area contributed by atoms with Crippen LogP contribution in [0.15, 0.2) is 84.9 Å². The fourth-order valence-corrected chi connectivity index (χ4v) is 8.88. The van der Waals surface area contributed by atoms with Gasteiger partial charge in [0, 0.05) is 33.5 Å². The topological polar surface area (TPSA) is 292 Å². The number of nitrogens with one attached hydrogen (secondary N) is 4. The van der Waals surface area contributed by atoms with Crippen LogP contribution in [0, 0.1) is 5.41 Å². The van der Waals surface area contributed by atoms with Gasteiger partial charge in [-0.05, 0) is 228 Å². The Morgan fingerprint density at radius 1 is 0.413 bits per heavy atom. The van der Waals surface area contributed by atoms with E-state index in [9.17, 15) is 45.6 Å². The van der Waals surface area contributed by atoms with Crippen molar-refractivity contribution in [2.45, 2.75) is 293 Å². The Morgan fingerprint density at radius 3 is 1.07 bits per heavy atom. The molecule has 4 aromatic carbocycles. The standard InChI is InChI=1S/C21H33NO8.C21H35NO7.C15H25NO.C15H25N/c1-20(2,3)22-12-9-11(10-28-21(4,5)6)7-8-13(12)29-19-16(25)14(23)15(24)17(30-19)18(26)27;1-20(2,3)22-13-9-12(11-27-21(4,5)6)7-8-14(13)28-19-18(26)17(25)16(24)15(10-23)29-19;1-14(2,3)16-13-9-7-12(8-10-13)11-17-15(4,5)6;1-14(2,3)11-12-7-9-13(10-8-12)16-15(4,5)6/h7-9,14-17,19,22-25H,10H2,1-6H3,(H,26,27);7-9,15-19,22-26H,10-11H2,1-6H3;7-10,16H,11H2,1-6H3;7-10,16H,11H2,1-6H3. The maximum Gasteiger partial charge on any atom is 0.335 e. The molecule has 0 spiro atoms. The highest BCUT2D eigenvalue weighted by atomic mass is 16.7. The van der Waals surface area contributed by atoms with Crippen molar-refractivity contribution < 1.29 is 78.8 Å². The van der Waals surface area contributed by atoms with E-state index in [4.69, 9.17) is 33.2 Å². The average molecular weight is 1300 g/mol. The molecule has 0 bridgehead atoms. The van der Waals surface area contributed by atoms with E-state index in [0.29, 0.717) is 48.1 Å². The number of carbonyl (C=O) groups is 1. The first-order valence-corrected chi connectivity index (χ1v) is 31.8. The Hall–Kier alpha value is -5.33. The van der Waals surface area contributed by atoms with Gasteiger partial charge in [0.2, 0.25) is 12.6 Å². The van der Waals surface area contributed by atoms with Crippen molar-refractivity contribution in [1.82, 2.24) is 0 Å². The number of anilines is 4. The second kappa shape index (κ2) is 33.4. The summed E-state index contributed by atoms with van der Waals surface area (Å²) < 4.78 is 39.6. The van der Waals surface area contributed by atoms with Crippen LogP contribution < -0.4 is 30.7 Å². The summed E-state index contributed by atoms with van der Waals surface area (Å²) in [6.45, 7) is 50.7. The fraction of sp³-hybridized carbons (Fsp3) is 0.653. The van der Waals surface area contributed by atoms with Gasteiger partial charge in [0.1, 0.15) is 54.2 Å². The zero-order chi connectivity index (χ0) is 70.3. The van der Waals surface area contributed by atoms with Gasteiger partial charge in [-0.15, -0.1) is 0 Å².